The third-order valence-electron chi connectivity index (χ3n) is 5.58. The van der Waals surface area contributed by atoms with Crippen LogP contribution >= 0.6 is 22.9 Å². The van der Waals surface area contributed by atoms with Crippen LogP contribution in [-0.4, -0.2) is 38.1 Å². The molecule has 1 aromatic heterocycles. The van der Waals surface area contributed by atoms with Gasteiger partial charge in [0.15, 0.2) is 6.04 Å². The number of carbonyl (C=O) groups excluding carboxylic acids is 1. The van der Waals surface area contributed by atoms with Gasteiger partial charge in [0.2, 0.25) is 0 Å². The zero-order valence-corrected chi connectivity index (χ0v) is 18.2. The van der Waals surface area contributed by atoms with E-state index in [0.29, 0.717) is 0 Å². The minimum atomic E-state index is -0.0390. The molecule has 0 aliphatic carbocycles. The first-order valence-electron chi connectivity index (χ1n) is 9.64. The van der Waals surface area contributed by atoms with Crippen LogP contribution in [-0.2, 0) is 11.3 Å². The summed E-state index contributed by atoms with van der Waals surface area (Å²) in [7, 11) is 0. The minimum absolute atomic E-state index is 0.0390. The molecule has 0 radical (unpaired) electrons. The van der Waals surface area contributed by atoms with Gasteiger partial charge in [-0.1, -0.05) is 29.3 Å². The molecule has 1 amide bonds. The van der Waals surface area contributed by atoms with Crippen molar-refractivity contribution in [3.05, 3.63) is 50.2 Å². The standard InChI is InChI=1S/C21H28ClN3OS/c1-14-11-15(2)20(16(3)12-14)23-21(26)17(4)25-9-7-24(8-10-25)13-18-5-6-19(22)27-18/h5-6,11-12,17H,7-10,13H2,1-4H3,(H,23,26)/p+2/t17-/m1/s1. The lowest BCUT2D eigenvalue weighted by Gasteiger charge is -2.32. The van der Waals surface area contributed by atoms with Crippen LogP contribution < -0.4 is 15.1 Å². The van der Waals surface area contributed by atoms with Crippen molar-refractivity contribution in [3.63, 3.8) is 0 Å². The monoisotopic (exact) mass is 407 g/mol. The fourth-order valence-corrected chi connectivity index (χ4v) is 5.18. The lowest BCUT2D eigenvalue weighted by atomic mass is 10.0. The number of carbonyl (C=O) groups is 1. The summed E-state index contributed by atoms with van der Waals surface area (Å²) in [6.07, 6.45) is 0. The van der Waals surface area contributed by atoms with Crippen molar-refractivity contribution in [3.8, 4) is 0 Å². The van der Waals surface area contributed by atoms with E-state index in [0.717, 1.165) is 53.9 Å². The number of hydrogen-bond acceptors (Lipinski definition) is 2. The average molecular weight is 408 g/mol. The molecule has 1 aromatic carbocycles. The zero-order valence-electron chi connectivity index (χ0n) is 16.6. The Bertz CT molecular complexity index is 789. The highest BCUT2D eigenvalue weighted by Crippen LogP contribution is 2.22. The summed E-state index contributed by atoms with van der Waals surface area (Å²) in [5.74, 6) is 0.119. The molecule has 0 unspecified atom stereocenters. The van der Waals surface area contributed by atoms with Crippen LogP contribution in [0.5, 0.6) is 0 Å². The van der Waals surface area contributed by atoms with Crippen LogP contribution in [0.2, 0.25) is 4.34 Å². The number of nitrogens with one attached hydrogen (secondary N) is 3. The number of halogens is 1. The summed E-state index contributed by atoms with van der Waals surface area (Å²) in [5.41, 5.74) is 4.46. The molecule has 6 heteroatoms. The molecule has 3 rings (SSSR count). The van der Waals surface area contributed by atoms with Crippen molar-refractivity contribution in [2.75, 3.05) is 31.5 Å². The molecule has 1 atom stereocenters. The summed E-state index contributed by atoms with van der Waals surface area (Å²) in [6.45, 7) is 13.5. The van der Waals surface area contributed by atoms with Gasteiger partial charge in [0.25, 0.3) is 5.91 Å². The summed E-state index contributed by atoms with van der Waals surface area (Å²) in [6, 6.07) is 8.31. The van der Waals surface area contributed by atoms with E-state index < -0.39 is 0 Å². The Kier molecular flexibility index (Phi) is 6.58. The second kappa shape index (κ2) is 8.74. The highest BCUT2D eigenvalue weighted by atomic mass is 35.5. The van der Waals surface area contributed by atoms with Gasteiger partial charge in [-0.3, -0.25) is 4.79 Å². The van der Waals surface area contributed by atoms with Crippen molar-refractivity contribution >= 4 is 34.5 Å². The Morgan fingerprint density at radius 3 is 2.33 bits per heavy atom. The van der Waals surface area contributed by atoms with E-state index in [4.69, 9.17) is 11.6 Å². The summed E-state index contributed by atoms with van der Waals surface area (Å²) in [4.78, 5) is 17.1. The van der Waals surface area contributed by atoms with Gasteiger partial charge in [-0.2, -0.15) is 0 Å². The van der Waals surface area contributed by atoms with Gasteiger partial charge >= 0.3 is 0 Å². The summed E-state index contributed by atoms with van der Waals surface area (Å²) in [5, 5.41) is 3.18. The maximum atomic E-state index is 12.8. The van der Waals surface area contributed by atoms with Crippen LogP contribution in [0.15, 0.2) is 24.3 Å². The average Bonchev–Trinajstić information content (AvgIpc) is 3.02. The summed E-state index contributed by atoms with van der Waals surface area (Å²) >= 11 is 7.71. The molecule has 146 valence electrons. The maximum absolute atomic E-state index is 12.8. The van der Waals surface area contributed by atoms with Crippen molar-refractivity contribution in [2.24, 2.45) is 0 Å². The largest absolute Gasteiger partial charge is 0.321 e. The number of benzene rings is 1. The molecule has 0 spiro atoms. The number of piperazine rings is 1. The lowest BCUT2D eigenvalue weighted by Crippen LogP contribution is -3.29. The third-order valence-corrected chi connectivity index (χ3v) is 6.81. The smallest absolute Gasteiger partial charge is 0.282 e. The van der Waals surface area contributed by atoms with E-state index in [9.17, 15) is 4.79 Å². The number of amides is 1. The van der Waals surface area contributed by atoms with Crippen molar-refractivity contribution in [2.45, 2.75) is 40.3 Å². The SMILES string of the molecule is Cc1cc(C)c(NC(=O)[C@@H](C)[NH+]2CC[NH+](Cc3ccc(Cl)s3)CC2)c(C)c1. The molecular weight excluding hydrogens is 378 g/mol. The topological polar surface area (TPSA) is 38.0 Å². The number of thiophene rings is 1. The first kappa shape index (κ1) is 20.3. The molecule has 1 fully saturated rings. The Hall–Kier alpha value is -1.40. The quantitative estimate of drug-likeness (QED) is 0.692. The molecule has 3 N–H and O–H groups in total. The Morgan fingerprint density at radius 2 is 1.78 bits per heavy atom. The van der Waals surface area contributed by atoms with E-state index in [1.54, 1.807) is 16.2 Å². The van der Waals surface area contributed by atoms with Crippen molar-refractivity contribution in [1.82, 2.24) is 0 Å². The second-order valence-electron chi connectivity index (χ2n) is 7.78. The van der Waals surface area contributed by atoms with E-state index in [1.807, 2.05) is 13.0 Å². The number of hydrogen-bond donors (Lipinski definition) is 3. The molecule has 4 nitrogen and oxygen atoms in total. The normalized spacial score (nSPS) is 21.1. The minimum Gasteiger partial charge on any atom is -0.321 e. The third kappa shape index (κ3) is 5.11. The van der Waals surface area contributed by atoms with Gasteiger partial charge in [0.05, 0.1) is 9.21 Å². The van der Waals surface area contributed by atoms with Crippen LogP contribution in [0.25, 0.3) is 0 Å². The van der Waals surface area contributed by atoms with Crippen LogP contribution in [0.3, 0.4) is 0 Å². The molecule has 0 bridgehead atoms. The van der Waals surface area contributed by atoms with Gasteiger partial charge in [0.1, 0.15) is 32.7 Å². The molecule has 1 aliphatic heterocycles. The molecule has 2 aromatic rings. The van der Waals surface area contributed by atoms with Crippen LogP contribution in [0.4, 0.5) is 5.69 Å². The van der Waals surface area contributed by atoms with E-state index in [2.05, 4.69) is 44.3 Å². The predicted molar refractivity (Wildman–Crippen MR) is 113 cm³/mol. The van der Waals surface area contributed by atoms with Crippen molar-refractivity contribution in [1.29, 1.82) is 0 Å². The molecular formula is C21H30ClN3OS+2. The first-order chi connectivity index (χ1) is 12.8. The van der Waals surface area contributed by atoms with Gasteiger partial charge in [0, 0.05) is 5.69 Å². The molecule has 27 heavy (non-hydrogen) atoms. The summed E-state index contributed by atoms with van der Waals surface area (Å²) < 4.78 is 0.862. The molecule has 1 aliphatic rings. The molecule has 1 saturated heterocycles. The zero-order chi connectivity index (χ0) is 19.6. The number of quaternary nitrogens is 2. The fourth-order valence-electron chi connectivity index (χ4n) is 4.02. The van der Waals surface area contributed by atoms with E-state index in [-0.39, 0.29) is 11.9 Å². The number of aryl methyl sites for hydroxylation is 3. The highest BCUT2D eigenvalue weighted by Gasteiger charge is 2.31. The first-order valence-corrected chi connectivity index (χ1v) is 10.8. The van der Waals surface area contributed by atoms with Crippen LogP contribution in [0, 0.1) is 20.8 Å². The van der Waals surface area contributed by atoms with Gasteiger partial charge in [-0.15, -0.1) is 11.3 Å². The van der Waals surface area contributed by atoms with Crippen LogP contribution in [0.1, 0.15) is 28.5 Å². The fraction of sp³-hybridized carbons (Fsp3) is 0.476. The Balaban J connectivity index is 1.54. The van der Waals surface area contributed by atoms with E-state index >= 15 is 0 Å². The Morgan fingerprint density at radius 1 is 1.15 bits per heavy atom. The highest BCUT2D eigenvalue weighted by molar-refractivity contribution is 7.16. The van der Waals surface area contributed by atoms with Gasteiger partial charge in [-0.25, -0.2) is 0 Å². The lowest BCUT2D eigenvalue weighted by molar-refractivity contribution is -1.02. The van der Waals surface area contributed by atoms with Crippen molar-refractivity contribution < 1.29 is 14.6 Å². The number of rotatable bonds is 5. The Labute approximate surface area is 171 Å². The van der Waals surface area contributed by atoms with Gasteiger partial charge in [-0.05, 0) is 51.0 Å². The van der Waals surface area contributed by atoms with Gasteiger partial charge < -0.3 is 15.1 Å². The van der Waals surface area contributed by atoms with E-state index in [1.165, 1.54) is 15.3 Å². The molecule has 2 heterocycles. The maximum Gasteiger partial charge on any atom is 0.282 e. The second-order valence-corrected chi connectivity index (χ2v) is 9.58. The number of anilines is 1. The predicted octanol–water partition coefficient (Wildman–Crippen LogP) is 1.64. The molecule has 0 saturated carbocycles.